The van der Waals surface area contributed by atoms with E-state index in [9.17, 15) is 4.79 Å². The Kier molecular flexibility index (Phi) is 5.01. The molecule has 0 saturated carbocycles. The average Bonchev–Trinajstić information content (AvgIpc) is 3.03. The van der Waals surface area contributed by atoms with Gasteiger partial charge in [0.1, 0.15) is 12.4 Å². The number of likely N-dealkylation sites (tertiary alicyclic amines) is 1. The summed E-state index contributed by atoms with van der Waals surface area (Å²) in [6.07, 6.45) is 2.22. The van der Waals surface area contributed by atoms with E-state index in [2.05, 4.69) is 13.8 Å². The molecular formula is C19H23NO2S. The maximum absolute atomic E-state index is 12.5. The number of benzene rings is 1. The summed E-state index contributed by atoms with van der Waals surface area (Å²) in [5.41, 5.74) is 2.28. The van der Waals surface area contributed by atoms with Gasteiger partial charge in [0, 0.05) is 18.7 Å². The lowest BCUT2D eigenvalue weighted by molar-refractivity contribution is 0.0702. The van der Waals surface area contributed by atoms with Gasteiger partial charge < -0.3 is 9.64 Å². The molecule has 1 aliphatic rings. The van der Waals surface area contributed by atoms with Crippen LogP contribution in [0.4, 0.5) is 0 Å². The minimum Gasteiger partial charge on any atom is -0.489 e. The number of carbonyl (C=O) groups is 1. The molecule has 0 aliphatic carbocycles. The number of rotatable bonds is 4. The van der Waals surface area contributed by atoms with Crippen molar-refractivity contribution in [3.8, 4) is 5.75 Å². The van der Waals surface area contributed by atoms with Crippen LogP contribution < -0.4 is 4.74 Å². The van der Waals surface area contributed by atoms with Crippen molar-refractivity contribution in [1.29, 1.82) is 0 Å². The quantitative estimate of drug-likeness (QED) is 0.826. The number of hydrogen-bond acceptors (Lipinski definition) is 3. The number of hydrogen-bond donors (Lipinski definition) is 0. The molecule has 23 heavy (non-hydrogen) atoms. The fraction of sp³-hybridized carbons (Fsp3) is 0.421. The standard InChI is InChI=1S/C19H23NO2S/c1-14-3-5-17(6-4-14)22-12-16-11-18(23-13-16)19(21)20-9-7-15(2)8-10-20/h3-6,11,13,15H,7-10,12H2,1-2H3. The van der Waals surface area contributed by atoms with E-state index in [1.165, 1.54) is 16.9 Å². The molecule has 0 spiro atoms. The lowest BCUT2D eigenvalue weighted by Gasteiger charge is -2.29. The predicted octanol–water partition coefficient (Wildman–Crippen LogP) is 4.51. The number of thiophene rings is 1. The molecule has 0 unspecified atom stereocenters. The number of amides is 1. The zero-order valence-corrected chi connectivity index (χ0v) is 14.6. The van der Waals surface area contributed by atoms with Crippen molar-refractivity contribution < 1.29 is 9.53 Å². The third kappa shape index (κ3) is 4.14. The van der Waals surface area contributed by atoms with Gasteiger partial charge in [-0.25, -0.2) is 0 Å². The lowest BCUT2D eigenvalue weighted by atomic mass is 9.99. The number of ether oxygens (including phenoxy) is 1. The van der Waals surface area contributed by atoms with E-state index >= 15 is 0 Å². The van der Waals surface area contributed by atoms with Crippen molar-refractivity contribution in [2.45, 2.75) is 33.3 Å². The van der Waals surface area contributed by atoms with Crippen LogP contribution in [-0.4, -0.2) is 23.9 Å². The molecule has 3 nitrogen and oxygen atoms in total. The highest BCUT2D eigenvalue weighted by molar-refractivity contribution is 7.12. The van der Waals surface area contributed by atoms with Crippen LogP contribution in [0.1, 0.15) is 40.6 Å². The molecule has 0 radical (unpaired) electrons. The van der Waals surface area contributed by atoms with Crippen LogP contribution in [0.5, 0.6) is 5.75 Å². The first-order valence-electron chi connectivity index (χ1n) is 8.18. The normalized spacial score (nSPS) is 15.7. The summed E-state index contributed by atoms with van der Waals surface area (Å²) < 4.78 is 5.78. The number of carbonyl (C=O) groups excluding carboxylic acids is 1. The third-order valence-corrected chi connectivity index (χ3v) is 5.33. The SMILES string of the molecule is Cc1ccc(OCc2csc(C(=O)N3CCC(C)CC3)c2)cc1. The van der Waals surface area contributed by atoms with Gasteiger partial charge in [-0.2, -0.15) is 0 Å². The zero-order chi connectivity index (χ0) is 16.2. The van der Waals surface area contributed by atoms with Crippen LogP contribution in [0.25, 0.3) is 0 Å². The van der Waals surface area contributed by atoms with Gasteiger partial charge in [-0.15, -0.1) is 11.3 Å². The van der Waals surface area contributed by atoms with Gasteiger partial charge in [0.25, 0.3) is 5.91 Å². The Labute approximate surface area is 141 Å². The molecule has 3 rings (SSSR count). The Balaban J connectivity index is 1.57. The molecule has 1 amide bonds. The average molecular weight is 329 g/mol. The third-order valence-electron chi connectivity index (χ3n) is 4.36. The molecule has 0 N–H and O–H groups in total. The van der Waals surface area contributed by atoms with Crippen LogP contribution in [0.15, 0.2) is 35.7 Å². The minimum absolute atomic E-state index is 0.170. The summed E-state index contributed by atoms with van der Waals surface area (Å²) in [6, 6.07) is 10.00. The highest BCUT2D eigenvalue weighted by Gasteiger charge is 2.22. The van der Waals surface area contributed by atoms with E-state index in [-0.39, 0.29) is 5.91 Å². The molecule has 4 heteroatoms. The smallest absolute Gasteiger partial charge is 0.263 e. The summed E-state index contributed by atoms with van der Waals surface area (Å²) in [6.45, 7) is 6.58. The van der Waals surface area contributed by atoms with E-state index in [1.54, 1.807) is 0 Å². The molecule has 1 aromatic heterocycles. The Morgan fingerprint density at radius 1 is 1.26 bits per heavy atom. The fourth-order valence-electron chi connectivity index (χ4n) is 2.73. The van der Waals surface area contributed by atoms with Gasteiger partial charge in [-0.3, -0.25) is 4.79 Å². The highest BCUT2D eigenvalue weighted by atomic mass is 32.1. The number of aryl methyl sites for hydroxylation is 1. The van der Waals surface area contributed by atoms with E-state index in [1.807, 2.05) is 40.6 Å². The fourth-order valence-corrected chi connectivity index (χ4v) is 3.60. The van der Waals surface area contributed by atoms with Crippen LogP contribution in [0.2, 0.25) is 0 Å². The van der Waals surface area contributed by atoms with Gasteiger partial charge in [-0.1, -0.05) is 24.6 Å². The molecule has 1 fully saturated rings. The Bertz CT molecular complexity index is 654. The summed E-state index contributed by atoms with van der Waals surface area (Å²) in [4.78, 5) is 15.3. The number of nitrogens with zero attached hydrogens (tertiary/aromatic N) is 1. The molecular weight excluding hydrogens is 306 g/mol. The Morgan fingerprint density at radius 2 is 1.96 bits per heavy atom. The maximum atomic E-state index is 12.5. The predicted molar refractivity (Wildman–Crippen MR) is 94.1 cm³/mol. The molecule has 1 saturated heterocycles. The van der Waals surface area contributed by atoms with E-state index in [4.69, 9.17) is 4.74 Å². The maximum Gasteiger partial charge on any atom is 0.263 e. The Hall–Kier alpha value is -1.81. The first-order chi connectivity index (χ1) is 11.1. The molecule has 2 heterocycles. The van der Waals surface area contributed by atoms with Crippen LogP contribution in [0.3, 0.4) is 0 Å². The second-order valence-corrected chi connectivity index (χ2v) is 7.31. The largest absolute Gasteiger partial charge is 0.489 e. The van der Waals surface area contributed by atoms with Crippen LogP contribution >= 0.6 is 11.3 Å². The number of piperidine rings is 1. The molecule has 1 aromatic carbocycles. The molecule has 1 aliphatic heterocycles. The molecule has 0 atom stereocenters. The van der Waals surface area contributed by atoms with Gasteiger partial charge in [-0.05, 0) is 49.3 Å². The molecule has 0 bridgehead atoms. The van der Waals surface area contributed by atoms with E-state index in [0.717, 1.165) is 48.0 Å². The summed E-state index contributed by atoms with van der Waals surface area (Å²) >= 11 is 1.52. The molecule has 122 valence electrons. The summed E-state index contributed by atoms with van der Waals surface area (Å²) in [5.74, 6) is 1.77. The summed E-state index contributed by atoms with van der Waals surface area (Å²) in [7, 11) is 0. The van der Waals surface area contributed by atoms with E-state index < -0.39 is 0 Å². The first-order valence-corrected chi connectivity index (χ1v) is 9.06. The first kappa shape index (κ1) is 16.1. The minimum atomic E-state index is 0.170. The topological polar surface area (TPSA) is 29.5 Å². The van der Waals surface area contributed by atoms with Gasteiger partial charge >= 0.3 is 0 Å². The van der Waals surface area contributed by atoms with Gasteiger partial charge in [0.05, 0.1) is 4.88 Å². The summed E-state index contributed by atoms with van der Waals surface area (Å²) in [5, 5.41) is 2.02. The monoisotopic (exact) mass is 329 g/mol. The van der Waals surface area contributed by atoms with Gasteiger partial charge in [0.15, 0.2) is 0 Å². The van der Waals surface area contributed by atoms with Crippen molar-refractivity contribution >= 4 is 17.2 Å². The lowest BCUT2D eigenvalue weighted by Crippen LogP contribution is -2.37. The van der Waals surface area contributed by atoms with Crippen molar-refractivity contribution in [3.05, 3.63) is 51.7 Å². The second kappa shape index (κ2) is 7.18. The van der Waals surface area contributed by atoms with Crippen molar-refractivity contribution in [1.82, 2.24) is 4.90 Å². The Morgan fingerprint density at radius 3 is 2.65 bits per heavy atom. The zero-order valence-electron chi connectivity index (χ0n) is 13.7. The second-order valence-electron chi connectivity index (χ2n) is 6.40. The highest BCUT2D eigenvalue weighted by Crippen LogP contribution is 2.23. The van der Waals surface area contributed by atoms with Gasteiger partial charge in [0.2, 0.25) is 0 Å². The van der Waals surface area contributed by atoms with Crippen molar-refractivity contribution in [3.63, 3.8) is 0 Å². The van der Waals surface area contributed by atoms with Crippen molar-refractivity contribution in [2.24, 2.45) is 5.92 Å². The molecule has 2 aromatic rings. The van der Waals surface area contributed by atoms with Crippen LogP contribution in [0, 0.1) is 12.8 Å². The van der Waals surface area contributed by atoms with E-state index in [0.29, 0.717) is 6.61 Å². The van der Waals surface area contributed by atoms with Crippen molar-refractivity contribution in [2.75, 3.05) is 13.1 Å². The van der Waals surface area contributed by atoms with Crippen LogP contribution in [-0.2, 0) is 6.61 Å².